The average molecular weight is 304 g/mol. The first-order chi connectivity index (χ1) is 7.68. The summed E-state index contributed by atoms with van der Waals surface area (Å²) in [5, 5.41) is 5.44. The molecular weight excluding hydrogens is 286 g/mol. The number of hydrogen-bond donors (Lipinski definition) is 1. The Morgan fingerprint density at radius 3 is 3.00 bits per heavy atom. The van der Waals surface area contributed by atoms with E-state index in [1.807, 2.05) is 6.92 Å². The van der Waals surface area contributed by atoms with Gasteiger partial charge in [0.2, 0.25) is 0 Å². The van der Waals surface area contributed by atoms with Gasteiger partial charge < -0.3 is 10.1 Å². The van der Waals surface area contributed by atoms with E-state index in [-0.39, 0.29) is 0 Å². The monoisotopic (exact) mass is 303 g/mol. The highest BCUT2D eigenvalue weighted by molar-refractivity contribution is 9.10. The summed E-state index contributed by atoms with van der Waals surface area (Å²) in [7, 11) is 0. The standard InChI is InChI=1S/C12H18BrNOS/c1-10(2)3-5-15-6-4-14-8-12-7-11(13)9-16-12/h7,9,14H,1,3-6,8H2,2H3. The van der Waals surface area contributed by atoms with Gasteiger partial charge in [-0.15, -0.1) is 17.9 Å². The van der Waals surface area contributed by atoms with Crippen molar-refractivity contribution in [2.24, 2.45) is 0 Å². The zero-order chi connectivity index (χ0) is 11.8. The molecule has 0 saturated heterocycles. The molecule has 4 heteroatoms. The van der Waals surface area contributed by atoms with Crippen LogP contribution in [0.1, 0.15) is 18.2 Å². The van der Waals surface area contributed by atoms with Crippen molar-refractivity contribution in [1.29, 1.82) is 0 Å². The highest BCUT2D eigenvalue weighted by Gasteiger charge is 1.96. The van der Waals surface area contributed by atoms with Gasteiger partial charge in [-0.05, 0) is 35.3 Å². The Kier molecular flexibility index (Phi) is 6.96. The molecule has 0 aliphatic rings. The van der Waals surface area contributed by atoms with Crippen LogP contribution in [-0.2, 0) is 11.3 Å². The molecule has 1 rings (SSSR count). The van der Waals surface area contributed by atoms with Crippen LogP contribution in [-0.4, -0.2) is 19.8 Å². The van der Waals surface area contributed by atoms with E-state index in [1.165, 1.54) is 10.5 Å². The van der Waals surface area contributed by atoms with E-state index < -0.39 is 0 Å². The maximum Gasteiger partial charge on any atom is 0.0591 e. The number of rotatable bonds is 8. The minimum absolute atomic E-state index is 0.764. The van der Waals surface area contributed by atoms with E-state index in [9.17, 15) is 0 Å². The smallest absolute Gasteiger partial charge is 0.0591 e. The van der Waals surface area contributed by atoms with Crippen molar-refractivity contribution in [3.8, 4) is 0 Å². The molecule has 0 aliphatic carbocycles. The average Bonchev–Trinajstić information content (AvgIpc) is 2.62. The molecule has 1 aromatic heterocycles. The molecule has 0 aliphatic heterocycles. The molecule has 0 fully saturated rings. The predicted octanol–water partition coefficient (Wildman–Crippen LogP) is 3.58. The zero-order valence-corrected chi connectivity index (χ0v) is 12.0. The summed E-state index contributed by atoms with van der Waals surface area (Å²) in [5.74, 6) is 0. The van der Waals surface area contributed by atoms with E-state index in [0.29, 0.717) is 0 Å². The highest BCUT2D eigenvalue weighted by atomic mass is 79.9. The van der Waals surface area contributed by atoms with Gasteiger partial charge in [0.05, 0.1) is 13.2 Å². The summed E-state index contributed by atoms with van der Waals surface area (Å²) >= 11 is 5.20. The fourth-order valence-electron chi connectivity index (χ4n) is 1.15. The first-order valence-corrected chi connectivity index (χ1v) is 7.01. The first-order valence-electron chi connectivity index (χ1n) is 5.34. The second kappa shape index (κ2) is 8.01. The van der Waals surface area contributed by atoms with Crippen molar-refractivity contribution < 1.29 is 4.74 Å². The van der Waals surface area contributed by atoms with Crippen molar-refractivity contribution in [3.05, 3.63) is 32.9 Å². The number of halogens is 1. The summed E-state index contributed by atoms with van der Waals surface area (Å²) in [4.78, 5) is 1.34. The van der Waals surface area contributed by atoms with Crippen LogP contribution < -0.4 is 5.32 Å². The largest absolute Gasteiger partial charge is 0.380 e. The maximum absolute atomic E-state index is 5.46. The molecule has 0 saturated carbocycles. The molecule has 0 unspecified atom stereocenters. The molecule has 0 amide bonds. The predicted molar refractivity (Wildman–Crippen MR) is 74.0 cm³/mol. The summed E-state index contributed by atoms with van der Waals surface area (Å²) in [6, 6.07) is 2.14. The summed E-state index contributed by atoms with van der Waals surface area (Å²) in [6.07, 6.45) is 0.956. The first kappa shape index (κ1) is 13.9. The lowest BCUT2D eigenvalue weighted by atomic mass is 10.3. The zero-order valence-electron chi connectivity index (χ0n) is 9.59. The van der Waals surface area contributed by atoms with Gasteiger partial charge in [-0.25, -0.2) is 0 Å². The van der Waals surface area contributed by atoms with E-state index in [4.69, 9.17) is 4.74 Å². The van der Waals surface area contributed by atoms with Gasteiger partial charge >= 0.3 is 0 Å². The van der Waals surface area contributed by atoms with Crippen LogP contribution in [0.25, 0.3) is 0 Å². The van der Waals surface area contributed by atoms with Crippen molar-refractivity contribution >= 4 is 27.3 Å². The van der Waals surface area contributed by atoms with Crippen LogP contribution in [0.5, 0.6) is 0 Å². The van der Waals surface area contributed by atoms with Crippen LogP contribution in [0.3, 0.4) is 0 Å². The molecule has 0 radical (unpaired) electrons. The van der Waals surface area contributed by atoms with Crippen LogP contribution in [0, 0.1) is 0 Å². The third kappa shape index (κ3) is 6.43. The third-order valence-electron chi connectivity index (χ3n) is 2.02. The highest BCUT2D eigenvalue weighted by Crippen LogP contribution is 2.19. The Morgan fingerprint density at radius 1 is 1.56 bits per heavy atom. The minimum atomic E-state index is 0.764. The quantitative estimate of drug-likeness (QED) is 0.585. The van der Waals surface area contributed by atoms with Gasteiger partial charge in [0, 0.05) is 27.8 Å². The van der Waals surface area contributed by atoms with Crippen LogP contribution in [0.15, 0.2) is 28.1 Å². The van der Waals surface area contributed by atoms with Gasteiger partial charge in [0.1, 0.15) is 0 Å². The minimum Gasteiger partial charge on any atom is -0.380 e. The lowest BCUT2D eigenvalue weighted by Crippen LogP contribution is -2.18. The molecule has 1 N–H and O–H groups in total. The van der Waals surface area contributed by atoms with E-state index >= 15 is 0 Å². The van der Waals surface area contributed by atoms with Gasteiger partial charge in [0.15, 0.2) is 0 Å². The lowest BCUT2D eigenvalue weighted by molar-refractivity contribution is 0.139. The van der Waals surface area contributed by atoms with Crippen LogP contribution >= 0.6 is 27.3 Å². The summed E-state index contributed by atoms with van der Waals surface area (Å²) < 4.78 is 6.62. The molecular formula is C12H18BrNOS. The SMILES string of the molecule is C=C(C)CCOCCNCc1cc(Br)cs1. The van der Waals surface area contributed by atoms with Gasteiger partial charge in [0.25, 0.3) is 0 Å². The lowest BCUT2D eigenvalue weighted by Gasteiger charge is -2.05. The van der Waals surface area contributed by atoms with Gasteiger partial charge in [-0.2, -0.15) is 0 Å². The second-order valence-corrected chi connectivity index (χ2v) is 5.64. The van der Waals surface area contributed by atoms with E-state index in [1.54, 1.807) is 11.3 Å². The molecule has 1 heterocycles. The number of thiophene rings is 1. The molecule has 0 aromatic carbocycles. The Labute approximate surface area is 110 Å². The molecule has 1 aromatic rings. The molecule has 16 heavy (non-hydrogen) atoms. The van der Waals surface area contributed by atoms with Gasteiger partial charge in [-0.3, -0.25) is 0 Å². The molecule has 2 nitrogen and oxygen atoms in total. The van der Waals surface area contributed by atoms with Crippen LogP contribution in [0.2, 0.25) is 0 Å². The van der Waals surface area contributed by atoms with Crippen molar-refractivity contribution in [2.75, 3.05) is 19.8 Å². The van der Waals surface area contributed by atoms with Crippen molar-refractivity contribution in [1.82, 2.24) is 5.32 Å². The van der Waals surface area contributed by atoms with E-state index in [2.05, 4.69) is 39.3 Å². The second-order valence-electron chi connectivity index (χ2n) is 3.73. The normalized spacial score (nSPS) is 10.6. The fourth-order valence-corrected chi connectivity index (χ4v) is 2.57. The Morgan fingerprint density at radius 2 is 2.38 bits per heavy atom. The molecule has 0 spiro atoms. The fraction of sp³-hybridized carbons (Fsp3) is 0.500. The topological polar surface area (TPSA) is 21.3 Å². The van der Waals surface area contributed by atoms with Crippen molar-refractivity contribution in [2.45, 2.75) is 19.9 Å². The molecule has 90 valence electrons. The van der Waals surface area contributed by atoms with E-state index in [0.717, 1.165) is 37.2 Å². The summed E-state index contributed by atoms with van der Waals surface area (Å²) in [6.45, 7) is 9.21. The summed E-state index contributed by atoms with van der Waals surface area (Å²) in [5.41, 5.74) is 1.18. The van der Waals surface area contributed by atoms with Crippen molar-refractivity contribution in [3.63, 3.8) is 0 Å². The number of ether oxygens (including phenoxy) is 1. The Balaban J connectivity index is 1.94. The number of nitrogens with one attached hydrogen (secondary N) is 1. The maximum atomic E-state index is 5.46. The Bertz CT molecular complexity index is 325. The third-order valence-corrected chi connectivity index (χ3v) is 3.71. The molecule has 0 atom stereocenters. The Hall–Kier alpha value is -0.160. The number of hydrogen-bond acceptors (Lipinski definition) is 3. The van der Waals surface area contributed by atoms with Crippen LogP contribution in [0.4, 0.5) is 0 Å². The van der Waals surface area contributed by atoms with Gasteiger partial charge in [-0.1, -0.05) is 5.57 Å². The molecule has 0 bridgehead atoms.